The topological polar surface area (TPSA) is 30.1 Å². The first-order chi connectivity index (χ1) is 20.2. The van der Waals surface area contributed by atoms with Crippen LogP contribution in [-0.4, -0.2) is 11.8 Å². The van der Waals surface area contributed by atoms with Gasteiger partial charge in [-0.25, -0.2) is 0 Å². The molecule has 0 radical (unpaired) electrons. The molecule has 0 amide bonds. The van der Waals surface area contributed by atoms with Crippen LogP contribution in [0.5, 0.6) is 0 Å². The summed E-state index contributed by atoms with van der Waals surface area (Å²) in [5, 5.41) is 8.62. The van der Waals surface area contributed by atoms with Gasteiger partial charge in [0.05, 0.1) is 5.52 Å². The summed E-state index contributed by atoms with van der Waals surface area (Å²) in [6, 6.07) is 43.3. The monoisotopic (exact) mass is 524 g/mol. The minimum absolute atomic E-state index is 0.886. The molecular weight excluding hydrogens is 499 g/mol. The number of para-hydroxylation sites is 4. The second kappa shape index (κ2) is 8.39. The Labute approximate surface area is 237 Å². The fourth-order valence-corrected chi connectivity index (χ4v) is 6.94. The van der Waals surface area contributed by atoms with Crippen LogP contribution in [0, 0.1) is 6.92 Å². The first-order valence-corrected chi connectivity index (χ1v) is 14.2. The molecule has 3 heterocycles. The van der Waals surface area contributed by atoms with Crippen LogP contribution in [0.15, 0.2) is 126 Å². The highest BCUT2D eigenvalue weighted by Gasteiger charge is 2.28. The van der Waals surface area contributed by atoms with Crippen molar-refractivity contribution < 1.29 is 4.42 Å². The number of nitrogens with zero attached hydrogens (tertiary/aromatic N) is 1. The molecule has 0 fully saturated rings. The molecule has 192 valence electrons. The van der Waals surface area contributed by atoms with E-state index < -0.39 is 0 Å². The molecule has 1 aliphatic rings. The van der Waals surface area contributed by atoms with Gasteiger partial charge in [-0.15, -0.1) is 0 Å². The zero-order valence-corrected chi connectivity index (χ0v) is 22.6. The van der Waals surface area contributed by atoms with E-state index in [1.54, 1.807) is 0 Å². The van der Waals surface area contributed by atoms with Gasteiger partial charge in [-0.2, -0.15) is 0 Å². The van der Waals surface area contributed by atoms with E-state index in [4.69, 9.17) is 4.42 Å². The molecule has 1 N–H and O–H groups in total. The van der Waals surface area contributed by atoms with Gasteiger partial charge in [0.25, 0.3) is 0 Å². The lowest BCUT2D eigenvalue weighted by Gasteiger charge is -2.24. The smallest absolute Gasteiger partial charge is 0.198 e. The van der Waals surface area contributed by atoms with E-state index in [2.05, 4.69) is 126 Å². The van der Waals surface area contributed by atoms with Crippen molar-refractivity contribution in [3.05, 3.63) is 127 Å². The van der Waals surface area contributed by atoms with E-state index in [0.29, 0.717) is 0 Å². The summed E-state index contributed by atoms with van der Waals surface area (Å²) in [5.41, 5.74) is 14.3. The van der Waals surface area contributed by atoms with Gasteiger partial charge in [-0.1, -0.05) is 84.3 Å². The normalized spacial score (nSPS) is 12.2. The number of nitrogens with one attached hydrogen (secondary N) is 1. The fourth-order valence-electron chi connectivity index (χ4n) is 6.94. The highest BCUT2D eigenvalue weighted by molar-refractivity contribution is 6.73. The third-order valence-corrected chi connectivity index (χ3v) is 8.70. The first kappa shape index (κ1) is 22.6. The van der Waals surface area contributed by atoms with Crippen molar-refractivity contribution in [2.75, 3.05) is 5.32 Å². The largest absolute Gasteiger partial charge is 0.456 e. The third kappa shape index (κ3) is 3.22. The van der Waals surface area contributed by atoms with Crippen molar-refractivity contribution in [2.24, 2.45) is 0 Å². The molecule has 0 saturated carbocycles. The predicted octanol–water partition coefficient (Wildman–Crippen LogP) is 8.10. The number of benzene rings is 6. The molecule has 4 heteroatoms. The lowest BCUT2D eigenvalue weighted by atomic mass is 9.59. The molecular formula is C37H25BN2O. The Morgan fingerprint density at radius 1 is 0.659 bits per heavy atom. The number of aryl methyl sites for hydroxylation is 1. The van der Waals surface area contributed by atoms with E-state index in [0.717, 1.165) is 35.2 Å². The Morgan fingerprint density at radius 2 is 1.44 bits per heavy atom. The van der Waals surface area contributed by atoms with Crippen LogP contribution in [-0.2, 0) is 0 Å². The number of hydrogen-bond donors (Lipinski definition) is 1. The Hall–Kier alpha value is -5.22. The van der Waals surface area contributed by atoms with Gasteiger partial charge in [0.1, 0.15) is 11.2 Å². The summed E-state index contributed by atoms with van der Waals surface area (Å²) in [5.74, 6) is 0. The predicted molar refractivity (Wildman–Crippen MR) is 174 cm³/mol. The lowest BCUT2D eigenvalue weighted by molar-refractivity contribution is 0.669. The number of rotatable bonds is 3. The average Bonchev–Trinajstić information content (AvgIpc) is 3.55. The summed E-state index contributed by atoms with van der Waals surface area (Å²) < 4.78 is 8.85. The molecule has 2 aromatic heterocycles. The molecule has 0 unspecified atom stereocenters. The molecule has 3 nitrogen and oxygen atoms in total. The van der Waals surface area contributed by atoms with Crippen molar-refractivity contribution in [3.63, 3.8) is 0 Å². The van der Waals surface area contributed by atoms with E-state index in [1.165, 1.54) is 60.5 Å². The van der Waals surface area contributed by atoms with Crippen molar-refractivity contribution in [1.82, 2.24) is 4.57 Å². The van der Waals surface area contributed by atoms with Crippen LogP contribution in [0.1, 0.15) is 5.56 Å². The van der Waals surface area contributed by atoms with E-state index in [1.807, 2.05) is 12.1 Å². The first-order valence-electron chi connectivity index (χ1n) is 14.2. The van der Waals surface area contributed by atoms with Gasteiger partial charge < -0.3 is 14.3 Å². The third-order valence-electron chi connectivity index (χ3n) is 8.70. The highest BCUT2D eigenvalue weighted by Crippen LogP contribution is 2.41. The zero-order valence-electron chi connectivity index (χ0n) is 22.6. The zero-order chi connectivity index (χ0) is 27.1. The fraction of sp³-hybridized carbons (Fsp3) is 0.0270. The van der Waals surface area contributed by atoms with Crippen molar-refractivity contribution in [3.8, 4) is 16.8 Å². The van der Waals surface area contributed by atoms with Gasteiger partial charge >= 0.3 is 0 Å². The SMILES string of the molecule is Cc1cc(-c2ccccc2Nc2ccccc2)c2c3c1c1cc4c(cc1n3-c1ccccc1B2)oc1ccccc14. The lowest BCUT2D eigenvalue weighted by Crippen LogP contribution is -2.37. The van der Waals surface area contributed by atoms with Gasteiger partial charge in [-0.05, 0) is 59.9 Å². The van der Waals surface area contributed by atoms with Crippen LogP contribution in [0.2, 0.25) is 0 Å². The molecule has 9 rings (SSSR count). The second-order valence-corrected chi connectivity index (χ2v) is 11.1. The Kier molecular flexibility index (Phi) is 4.62. The highest BCUT2D eigenvalue weighted by atomic mass is 16.3. The molecule has 0 bridgehead atoms. The van der Waals surface area contributed by atoms with E-state index in [9.17, 15) is 0 Å². The molecule has 0 spiro atoms. The molecule has 8 aromatic rings. The molecule has 6 aromatic carbocycles. The van der Waals surface area contributed by atoms with Gasteiger partial charge in [0.2, 0.25) is 0 Å². The number of hydrogen-bond acceptors (Lipinski definition) is 2. The van der Waals surface area contributed by atoms with E-state index in [-0.39, 0.29) is 0 Å². The summed E-state index contributed by atoms with van der Waals surface area (Å²) in [6.07, 6.45) is 0. The summed E-state index contributed by atoms with van der Waals surface area (Å²) in [7, 11) is 0.886. The van der Waals surface area contributed by atoms with Gasteiger partial charge in [0.15, 0.2) is 7.28 Å². The molecule has 1 aliphatic heterocycles. The van der Waals surface area contributed by atoms with Crippen LogP contribution >= 0.6 is 0 Å². The maximum Gasteiger partial charge on any atom is 0.198 e. The number of furan rings is 1. The Morgan fingerprint density at radius 3 is 2.37 bits per heavy atom. The summed E-state index contributed by atoms with van der Waals surface area (Å²) in [4.78, 5) is 0. The number of fused-ring (bicyclic) bond motifs is 8. The molecule has 0 aliphatic carbocycles. The van der Waals surface area contributed by atoms with Crippen molar-refractivity contribution >= 4 is 73.3 Å². The molecule has 41 heavy (non-hydrogen) atoms. The maximum absolute atomic E-state index is 6.37. The van der Waals surface area contributed by atoms with Crippen LogP contribution < -0.4 is 16.2 Å². The van der Waals surface area contributed by atoms with Crippen molar-refractivity contribution in [1.29, 1.82) is 0 Å². The second-order valence-electron chi connectivity index (χ2n) is 11.1. The van der Waals surface area contributed by atoms with Crippen molar-refractivity contribution in [2.45, 2.75) is 6.92 Å². The standard InChI is InChI=1S/C37H25BN2O/c1-22-19-27(24-13-5-8-16-30(24)39-23-11-3-2-4-12-23)36-37-35(22)28-20-26-25-14-6-10-18-33(25)41-34(26)21-32(28)40(37)31-17-9-7-15-29(31)38-36/h2-21,38-39H,1H3. The number of anilines is 2. The Bertz CT molecular complexity index is 2330. The summed E-state index contributed by atoms with van der Waals surface area (Å²) >= 11 is 0. The number of aromatic nitrogens is 1. The molecule has 0 saturated heterocycles. The van der Waals surface area contributed by atoms with Crippen LogP contribution in [0.25, 0.3) is 60.6 Å². The van der Waals surface area contributed by atoms with E-state index >= 15 is 0 Å². The maximum atomic E-state index is 6.37. The van der Waals surface area contributed by atoms with Gasteiger partial charge in [0, 0.05) is 55.8 Å². The Balaban J connectivity index is 1.39. The quantitative estimate of drug-likeness (QED) is 0.237. The average molecular weight is 524 g/mol. The van der Waals surface area contributed by atoms with Crippen LogP contribution in [0.4, 0.5) is 11.4 Å². The van der Waals surface area contributed by atoms with Gasteiger partial charge in [-0.3, -0.25) is 0 Å². The molecule has 0 atom stereocenters. The summed E-state index contributed by atoms with van der Waals surface area (Å²) in [6.45, 7) is 2.26. The minimum atomic E-state index is 0.886. The minimum Gasteiger partial charge on any atom is -0.456 e. The van der Waals surface area contributed by atoms with Crippen LogP contribution in [0.3, 0.4) is 0 Å².